The zero-order chi connectivity index (χ0) is 13.3. The Hall–Kier alpha value is -1.75. The Morgan fingerprint density at radius 3 is 2.68 bits per heavy atom. The van der Waals surface area contributed by atoms with Gasteiger partial charge in [-0.1, -0.05) is 30.5 Å². The molecule has 19 heavy (non-hydrogen) atoms. The van der Waals surface area contributed by atoms with Gasteiger partial charge in [-0.05, 0) is 31.9 Å². The fraction of sp³-hybridized carbons (Fsp3) is 0.500. The molecule has 1 aliphatic rings. The van der Waals surface area contributed by atoms with Crippen LogP contribution in [0.15, 0.2) is 22.7 Å². The molecular weight excluding hydrogens is 240 g/mol. The van der Waals surface area contributed by atoms with Gasteiger partial charge >= 0.3 is 0 Å². The number of aromatic nitrogens is 3. The second kappa shape index (κ2) is 4.74. The van der Waals surface area contributed by atoms with Gasteiger partial charge in [0.1, 0.15) is 5.69 Å². The van der Waals surface area contributed by atoms with Gasteiger partial charge in [-0.3, -0.25) is 0 Å². The van der Waals surface area contributed by atoms with Crippen LogP contribution in [0.3, 0.4) is 0 Å². The van der Waals surface area contributed by atoms with Crippen LogP contribution in [0.2, 0.25) is 0 Å². The van der Waals surface area contributed by atoms with Crippen molar-refractivity contribution in [3.8, 4) is 11.6 Å². The normalized spacial score (nSPS) is 18.4. The van der Waals surface area contributed by atoms with Crippen LogP contribution in [0.4, 0.5) is 0 Å². The number of pyridine rings is 1. The lowest BCUT2D eigenvalue weighted by Gasteiger charge is -2.29. The van der Waals surface area contributed by atoms with Gasteiger partial charge in [-0.15, -0.1) is 0 Å². The van der Waals surface area contributed by atoms with Gasteiger partial charge in [0.05, 0.1) is 5.54 Å². The molecule has 0 saturated heterocycles. The van der Waals surface area contributed by atoms with E-state index in [4.69, 9.17) is 10.3 Å². The molecule has 2 heterocycles. The third-order valence-corrected chi connectivity index (χ3v) is 3.72. The summed E-state index contributed by atoms with van der Waals surface area (Å²) < 4.78 is 5.32. The van der Waals surface area contributed by atoms with E-state index in [-0.39, 0.29) is 0 Å². The molecule has 0 atom stereocenters. The molecule has 1 saturated carbocycles. The lowest BCUT2D eigenvalue weighted by Crippen LogP contribution is -2.39. The second-order valence-electron chi connectivity index (χ2n) is 5.30. The molecular formula is C14H18N4O. The minimum atomic E-state index is -0.427. The van der Waals surface area contributed by atoms with Crippen molar-refractivity contribution in [3.05, 3.63) is 29.7 Å². The van der Waals surface area contributed by atoms with E-state index in [1.165, 1.54) is 6.42 Å². The van der Waals surface area contributed by atoms with E-state index in [9.17, 15) is 0 Å². The topological polar surface area (TPSA) is 77.8 Å². The predicted octanol–water partition coefficient (Wildman–Crippen LogP) is 2.56. The number of hydrogen-bond acceptors (Lipinski definition) is 5. The summed E-state index contributed by atoms with van der Waals surface area (Å²) in [6.07, 6.45) is 5.34. The maximum atomic E-state index is 6.40. The molecule has 2 aromatic heterocycles. The van der Waals surface area contributed by atoms with Crippen molar-refractivity contribution in [2.45, 2.75) is 44.6 Å². The van der Waals surface area contributed by atoms with E-state index in [1.54, 1.807) is 0 Å². The fourth-order valence-corrected chi connectivity index (χ4v) is 2.60. The Bertz CT molecular complexity index is 572. The zero-order valence-corrected chi connectivity index (χ0v) is 11.1. The molecule has 0 spiro atoms. The summed E-state index contributed by atoms with van der Waals surface area (Å²) in [7, 11) is 0. The number of hydrogen-bond donors (Lipinski definition) is 1. The van der Waals surface area contributed by atoms with Crippen LogP contribution in [0.5, 0.6) is 0 Å². The molecule has 0 aromatic carbocycles. The Morgan fingerprint density at radius 1 is 1.16 bits per heavy atom. The third kappa shape index (κ3) is 2.38. The minimum absolute atomic E-state index is 0.427. The van der Waals surface area contributed by atoms with Crippen molar-refractivity contribution in [1.82, 2.24) is 15.1 Å². The van der Waals surface area contributed by atoms with E-state index in [2.05, 4.69) is 15.1 Å². The van der Waals surface area contributed by atoms with Crippen LogP contribution >= 0.6 is 0 Å². The molecule has 2 N–H and O–H groups in total. The summed E-state index contributed by atoms with van der Waals surface area (Å²) >= 11 is 0. The summed E-state index contributed by atoms with van der Waals surface area (Å²) in [6.45, 7) is 1.94. The van der Waals surface area contributed by atoms with Crippen LogP contribution in [0.25, 0.3) is 11.6 Å². The molecule has 0 bridgehead atoms. The summed E-state index contributed by atoms with van der Waals surface area (Å²) in [5.74, 6) is 1.07. The van der Waals surface area contributed by atoms with Crippen molar-refractivity contribution < 1.29 is 4.52 Å². The highest BCUT2D eigenvalue weighted by Crippen LogP contribution is 2.33. The highest BCUT2D eigenvalue weighted by Gasteiger charge is 2.34. The highest BCUT2D eigenvalue weighted by molar-refractivity contribution is 5.46. The Balaban J connectivity index is 1.91. The van der Waals surface area contributed by atoms with Gasteiger partial charge in [-0.2, -0.15) is 4.98 Å². The van der Waals surface area contributed by atoms with Crippen molar-refractivity contribution in [2.75, 3.05) is 0 Å². The predicted molar refractivity (Wildman–Crippen MR) is 71.2 cm³/mol. The van der Waals surface area contributed by atoms with Crippen molar-refractivity contribution >= 4 is 0 Å². The molecule has 1 aliphatic carbocycles. The van der Waals surface area contributed by atoms with Crippen LogP contribution in [-0.4, -0.2) is 15.1 Å². The molecule has 0 unspecified atom stereocenters. The van der Waals surface area contributed by atoms with E-state index in [0.717, 1.165) is 31.4 Å². The minimum Gasteiger partial charge on any atom is -0.332 e. The number of nitrogens with two attached hydrogens (primary N) is 1. The molecule has 0 radical (unpaired) electrons. The largest absolute Gasteiger partial charge is 0.332 e. The van der Waals surface area contributed by atoms with Gasteiger partial charge < -0.3 is 10.3 Å². The quantitative estimate of drug-likeness (QED) is 0.895. The molecule has 5 heteroatoms. The van der Waals surface area contributed by atoms with E-state index in [0.29, 0.717) is 17.4 Å². The summed E-state index contributed by atoms with van der Waals surface area (Å²) in [5.41, 5.74) is 7.60. The van der Waals surface area contributed by atoms with E-state index in [1.807, 2.05) is 25.1 Å². The molecule has 0 amide bonds. The summed E-state index contributed by atoms with van der Waals surface area (Å²) in [4.78, 5) is 8.84. The zero-order valence-electron chi connectivity index (χ0n) is 11.1. The van der Waals surface area contributed by atoms with E-state index < -0.39 is 5.54 Å². The van der Waals surface area contributed by atoms with Crippen molar-refractivity contribution in [1.29, 1.82) is 0 Å². The lowest BCUT2D eigenvalue weighted by molar-refractivity contribution is 0.275. The number of nitrogens with zero attached hydrogens (tertiary/aromatic N) is 3. The molecule has 100 valence electrons. The lowest BCUT2D eigenvalue weighted by atomic mass is 9.82. The first-order valence-corrected chi connectivity index (χ1v) is 6.74. The van der Waals surface area contributed by atoms with Gasteiger partial charge in [0.2, 0.25) is 0 Å². The number of rotatable bonds is 2. The highest BCUT2D eigenvalue weighted by atomic mass is 16.5. The average Bonchev–Trinajstić information content (AvgIpc) is 2.90. The van der Waals surface area contributed by atoms with Crippen LogP contribution in [0, 0.1) is 6.92 Å². The molecule has 5 nitrogen and oxygen atoms in total. The van der Waals surface area contributed by atoms with E-state index >= 15 is 0 Å². The standard InChI is InChI=1S/C14H18N4O/c1-10-6-5-7-11(16-10)12-17-13(18-19-12)14(15)8-3-2-4-9-14/h5-7H,2-4,8-9,15H2,1H3. The van der Waals surface area contributed by atoms with Crippen molar-refractivity contribution in [2.24, 2.45) is 5.73 Å². The van der Waals surface area contributed by atoms with Crippen LogP contribution in [0.1, 0.15) is 43.6 Å². The molecule has 2 aromatic rings. The van der Waals surface area contributed by atoms with Crippen LogP contribution in [-0.2, 0) is 5.54 Å². The SMILES string of the molecule is Cc1cccc(-c2nc(C3(N)CCCCC3)no2)n1. The molecule has 3 rings (SSSR count). The average molecular weight is 258 g/mol. The van der Waals surface area contributed by atoms with Gasteiger partial charge in [-0.25, -0.2) is 4.98 Å². The summed E-state index contributed by atoms with van der Waals surface area (Å²) in [6, 6.07) is 5.74. The first-order chi connectivity index (χ1) is 9.17. The van der Waals surface area contributed by atoms with Gasteiger partial charge in [0.25, 0.3) is 5.89 Å². The summed E-state index contributed by atoms with van der Waals surface area (Å²) in [5, 5.41) is 4.07. The Kier molecular flexibility index (Phi) is 3.06. The molecule has 1 fully saturated rings. The van der Waals surface area contributed by atoms with Crippen molar-refractivity contribution in [3.63, 3.8) is 0 Å². The Labute approximate surface area is 112 Å². The monoisotopic (exact) mass is 258 g/mol. The first kappa shape index (κ1) is 12.3. The first-order valence-electron chi connectivity index (χ1n) is 6.74. The van der Waals surface area contributed by atoms with Gasteiger partial charge in [0.15, 0.2) is 5.82 Å². The third-order valence-electron chi connectivity index (χ3n) is 3.72. The smallest absolute Gasteiger partial charge is 0.276 e. The number of aryl methyl sites for hydroxylation is 1. The molecule has 0 aliphatic heterocycles. The fourth-order valence-electron chi connectivity index (χ4n) is 2.60. The second-order valence-corrected chi connectivity index (χ2v) is 5.30. The maximum Gasteiger partial charge on any atom is 0.276 e. The Morgan fingerprint density at radius 2 is 1.95 bits per heavy atom. The van der Waals surface area contributed by atoms with Gasteiger partial charge in [0, 0.05) is 5.69 Å². The maximum absolute atomic E-state index is 6.40. The van der Waals surface area contributed by atoms with Crippen LogP contribution < -0.4 is 5.73 Å².